The fourth-order valence-electron chi connectivity index (χ4n) is 2.67. The molecule has 0 aromatic carbocycles. The summed E-state index contributed by atoms with van der Waals surface area (Å²) in [6.45, 7) is 5.61. The fraction of sp³-hybridized carbons (Fsp3) is 0.500. The largest absolute Gasteiger partial charge is 0.353 e. The fourth-order valence-corrected chi connectivity index (χ4v) is 2.67. The summed E-state index contributed by atoms with van der Waals surface area (Å²) < 4.78 is 1.64. The second kappa shape index (κ2) is 5.98. The quantitative estimate of drug-likeness (QED) is 0.864. The van der Waals surface area contributed by atoms with Crippen LogP contribution in [0.15, 0.2) is 10.9 Å². The normalized spacial score (nSPS) is 14.0. The Hall–Kier alpha value is -2.44. The highest BCUT2D eigenvalue weighted by atomic mass is 16.1. The predicted octanol–water partition coefficient (Wildman–Crippen LogP) is 1.09. The summed E-state index contributed by atoms with van der Waals surface area (Å²) in [7, 11) is 0. The number of aromatic nitrogens is 4. The number of H-pyrrole nitrogens is 1. The molecule has 0 unspecified atom stereocenters. The van der Waals surface area contributed by atoms with E-state index in [1.54, 1.807) is 11.6 Å². The van der Waals surface area contributed by atoms with Crippen LogP contribution in [0.1, 0.15) is 41.9 Å². The van der Waals surface area contributed by atoms with Crippen molar-refractivity contribution in [3.05, 3.63) is 39.1 Å². The van der Waals surface area contributed by atoms with E-state index in [0.29, 0.717) is 30.5 Å². The second-order valence-electron chi connectivity index (χ2n) is 6.11. The van der Waals surface area contributed by atoms with E-state index in [1.165, 1.54) is 6.07 Å². The van der Waals surface area contributed by atoms with Crippen LogP contribution in [0.25, 0.3) is 5.95 Å². The van der Waals surface area contributed by atoms with Gasteiger partial charge in [0.1, 0.15) is 0 Å². The minimum absolute atomic E-state index is 0.0844. The van der Waals surface area contributed by atoms with Crippen molar-refractivity contribution in [1.82, 2.24) is 25.1 Å². The van der Waals surface area contributed by atoms with Gasteiger partial charge in [0.2, 0.25) is 11.9 Å². The van der Waals surface area contributed by atoms with E-state index >= 15 is 0 Å². The van der Waals surface area contributed by atoms with Crippen LogP contribution in [-0.4, -0.2) is 31.7 Å². The van der Waals surface area contributed by atoms with Crippen LogP contribution in [0, 0.1) is 20.8 Å². The Morgan fingerprint density at radius 2 is 2.13 bits per heavy atom. The third-order valence-electron chi connectivity index (χ3n) is 4.04. The minimum Gasteiger partial charge on any atom is -0.353 e. The number of nitrogens with one attached hydrogen (secondary N) is 2. The lowest BCUT2D eigenvalue weighted by molar-refractivity contribution is -0.121. The molecule has 1 aliphatic carbocycles. The van der Waals surface area contributed by atoms with Crippen LogP contribution in [0.5, 0.6) is 0 Å². The number of aryl methyl sites for hydroxylation is 2. The highest BCUT2D eigenvalue weighted by Gasteiger charge is 2.23. The molecule has 1 saturated carbocycles. The van der Waals surface area contributed by atoms with Gasteiger partial charge in [-0.1, -0.05) is 0 Å². The van der Waals surface area contributed by atoms with Gasteiger partial charge in [-0.3, -0.25) is 14.6 Å². The van der Waals surface area contributed by atoms with Gasteiger partial charge in [-0.05, 0) is 45.6 Å². The van der Waals surface area contributed by atoms with Gasteiger partial charge in [0.15, 0.2) is 0 Å². The lowest BCUT2D eigenvalue weighted by Gasteiger charge is -2.06. The van der Waals surface area contributed by atoms with Crippen molar-refractivity contribution < 1.29 is 4.79 Å². The molecule has 1 amide bonds. The maximum atomic E-state index is 11.9. The van der Waals surface area contributed by atoms with Crippen LogP contribution in [0.2, 0.25) is 0 Å². The molecule has 7 heteroatoms. The lowest BCUT2D eigenvalue weighted by atomic mass is 10.1. The van der Waals surface area contributed by atoms with Gasteiger partial charge in [0.05, 0.1) is 5.69 Å². The maximum Gasteiger partial charge on any atom is 0.252 e. The van der Waals surface area contributed by atoms with E-state index < -0.39 is 0 Å². The summed E-state index contributed by atoms with van der Waals surface area (Å²) in [6.07, 6.45) is 3.26. The van der Waals surface area contributed by atoms with Crippen molar-refractivity contribution in [2.45, 2.75) is 52.5 Å². The maximum absolute atomic E-state index is 11.9. The van der Waals surface area contributed by atoms with E-state index in [0.717, 1.165) is 29.8 Å². The average molecular weight is 315 g/mol. The van der Waals surface area contributed by atoms with Crippen molar-refractivity contribution in [2.75, 3.05) is 0 Å². The van der Waals surface area contributed by atoms with Gasteiger partial charge in [0, 0.05) is 29.9 Å². The Morgan fingerprint density at radius 1 is 1.39 bits per heavy atom. The Bertz CT molecular complexity index is 801. The highest BCUT2D eigenvalue weighted by molar-refractivity contribution is 5.76. The van der Waals surface area contributed by atoms with Crippen molar-refractivity contribution in [3.63, 3.8) is 0 Å². The van der Waals surface area contributed by atoms with Gasteiger partial charge in [-0.2, -0.15) is 5.10 Å². The number of carbonyl (C=O) groups excluding carboxylic acids is 1. The zero-order chi connectivity index (χ0) is 16.6. The minimum atomic E-state index is -0.203. The van der Waals surface area contributed by atoms with Crippen LogP contribution in [-0.2, 0) is 11.2 Å². The zero-order valence-electron chi connectivity index (χ0n) is 13.6. The molecule has 2 aromatic heterocycles. The summed E-state index contributed by atoms with van der Waals surface area (Å²) >= 11 is 0. The molecule has 1 aliphatic rings. The second-order valence-corrected chi connectivity index (χ2v) is 6.11. The van der Waals surface area contributed by atoms with E-state index in [4.69, 9.17) is 0 Å². The molecular formula is C16H21N5O2. The molecule has 2 heterocycles. The monoisotopic (exact) mass is 315 g/mol. The Kier molecular flexibility index (Phi) is 4.02. The van der Waals surface area contributed by atoms with Crippen molar-refractivity contribution in [2.24, 2.45) is 0 Å². The summed E-state index contributed by atoms with van der Waals surface area (Å²) in [6, 6.07) is 1.83. The van der Waals surface area contributed by atoms with E-state index in [-0.39, 0.29) is 11.5 Å². The summed E-state index contributed by atoms with van der Waals surface area (Å²) in [5, 5.41) is 7.46. The third kappa shape index (κ3) is 3.49. The Morgan fingerprint density at radius 3 is 2.78 bits per heavy atom. The summed E-state index contributed by atoms with van der Waals surface area (Å²) in [4.78, 5) is 30.5. The number of nitrogens with zero attached hydrogens (tertiary/aromatic N) is 3. The van der Waals surface area contributed by atoms with Crippen molar-refractivity contribution in [3.8, 4) is 5.95 Å². The summed E-state index contributed by atoms with van der Waals surface area (Å²) in [5.41, 5.74) is 3.22. The molecule has 0 saturated heterocycles. The smallest absolute Gasteiger partial charge is 0.252 e. The number of hydrogen-bond donors (Lipinski definition) is 2. The van der Waals surface area contributed by atoms with Crippen LogP contribution >= 0.6 is 0 Å². The molecular weight excluding hydrogens is 294 g/mol. The van der Waals surface area contributed by atoms with Gasteiger partial charge in [-0.15, -0.1) is 0 Å². The van der Waals surface area contributed by atoms with Crippen LogP contribution in [0.4, 0.5) is 0 Å². The first-order chi connectivity index (χ1) is 10.9. The molecule has 0 spiro atoms. The molecule has 3 rings (SSSR count). The molecule has 7 nitrogen and oxygen atoms in total. The zero-order valence-corrected chi connectivity index (χ0v) is 13.6. The SMILES string of the molecule is Cc1cc(=O)[nH]c(-n2nc(C)c(CCC(=O)NC3CC3)c2C)n1. The Balaban J connectivity index is 1.80. The van der Waals surface area contributed by atoms with Gasteiger partial charge in [-0.25, -0.2) is 9.67 Å². The first kappa shape index (κ1) is 15.5. The highest BCUT2D eigenvalue weighted by Crippen LogP contribution is 2.20. The van der Waals surface area contributed by atoms with Gasteiger partial charge in [0.25, 0.3) is 5.56 Å². The first-order valence-electron chi connectivity index (χ1n) is 7.87. The van der Waals surface area contributed by atoms with Crippen LogP contribution < -0.4 is 10.9 Å². The van der Waals surface area contributed by atoms with E-state index in [1.807, 2.05) is 13.8 Å². The molecule has 0 bridgehead atoms. The van der Waals surface area contributed by atoms with Gasteiger partial charge < -0.3 is 5.32 Å². The summed E-state index contributed by atoms with van der Waals surface area (Å²) in [5.74, 6) is 0.491. The number of hydrogen-bond acceptors (Lipinski definition) is 4. The molecule has 2 N–H and O–H groups in total. The topological polar surface area (TPSA) is 92.7 Å². The molecule has 122 valence electrons. The van der Waals surface area contributed by atoms with Crippen molar-refractivity contribution >= 4 is 5.91 Å². The lowest BCUT2D eigenvalue weighted by Crippen LogP contribution is -2.25. The van der Waals surface area contributed by atoms with Crippen LogP contribution in [0.3, 0.4) is 0 Å². The molecule has 1 fully saturated rings. The standard InChI is InChI=1S/C16H21N5O2/c1-9-8-15(23)19-16(17-9)21-11(3)13(10(2)20-21)6-7-14(22)18-12-4-5-12/h8,12H,4-7H2,1-3H3,(H,18,22)(H,17,19,23). The van der Waals surface area contributed by atoms with Gasteiger partial charge >= 0.3 is 0 Å². The van der Waals surface area contributed by atoms with E-state index in [9.17, 15) is 9.59 Å². The predicted molar refractivity (Wildman–Crippen MR) is 85.7 cm³/mol. The third-order valence-corrected chi connectivity index (χ3v) is 4.04. The number of amides is 1. The number of rotatable bonds is 5. The van der Waals surface area contributed by atoms with Crippen molar-refractivity contribution in [1.29, 1.82) is 0 Å². The molecule has 23 heavy (non-hydrogen) atoms. The molecule has 2 aromatic rings. The van der Waals surface area contributed by atoms with E-state index in [2.05, 4.69) is 20.4 Å². The number of aromatic amines is 1. The first-order valence-corrected chi connectivity index (χ1v) is 7.87. The molecule has 0 atom stereocenters. The molecule has 0 radical (unpaired) electrons. The Labute approximate surface area is 134 Å². The molecule has 0 aliphatic heterocycles. The number of carbonyl (C=O) groups is 1. The average Bonchev–Trinajstić information content (AvgIpc) is 3.22.